The van der Waals surface area contributed by atoms with Crippen LogP contribution in [0.3, 0.4) is 0 Å². The molecule has 0 saturated heterocycles. The van der Waals surface area contributed by atoms with Crippen LogP contribution >= 0.6 is 0 Å². The third kappa shape index (κ3) is 2.51. The number of pyridine rings is 1. The van der Waals surface area contributed by atoms with Gasteiger partial charge in [0.1, 0.15) is 0 Å². The van der Waals surface area contributed by atoms with E-state index < -0.39 is 11.7 Å². The van der Waals surface area contributed by atoms with Gasteiger partial charge in [-0.3, -0.25) is 4.98 Å². The minimum atomic E-state index is -4.40. The van der Waals surface area contributed by atoms with Gasteiger partial charge in [-0.15, -0.1) is 0 Å². The van der Waals surface area contributed by atoms with Gasteiger partial charge in [0.05, 0.1) is 17.9 Å². The summed E-state index contributed by atoms with van der Waals surface area (Å²) in [6.07, 6.45) is -3.07. The maximum Gasteiger partial charge on any atom is 0.417 e. The summed E-state index contributed by atoms with van der Waals surface area (Å²) in [4.78, 5) is 3.88. The molecule has 0 aliphatic carbocycles. The molecule has 94 valence electrons. The highest BCUT2D eigenvalue weighted by Crippen LogP contribution is 2.36. The average molecular weight is 253 g/mol. The summed E-state index contributed by atoms with van der Waals surface area (Å²) in [5.74, 6) is 0. The van der Waals surface area contributed by atoms with Crippen molar-refractivity contribution >= 4 is 0 Å². The molecular weight excluding hydrogens is 243 g/mol. The SMILES string of the molecule is OCc1ccc(-c2ccccc2C(F)(F)F)cn1. The maximum absolute atomic E-state index is 12.8. The van der Waals surface area contributed by atoms with Gasteiger partial charge < -0.3 is 5.11 Å². The Morgan fingerprint density at radius 3 is 2.33 bits per heavy atom. The largest absolute Gasteiger partial charge is 0.417 e. The number of rotatable bonds is 2. The molecule has 5 heteroatoms. The van der Waals surface area contributed by atoms with Crippen LogP contribution in [0.15, 0.2) is 42.6 Å². The Labute approximate surface area is 102 Å². The van der Waals surface area contributed by atoms with E-state index in [-0.39, 0.29) is 12.2 Å². The van der Waals surface area contributed by atoms with Crippen LogP contribution in [-0.2, 0) is 12.8 Å². The van der Waals surface area contributed by atoms with Crippen molar-refractivity contribution in [2.24, 2.45) is 0 Å². The van der Waals surface area contributed by atoms with Crippen LogP contribution in [0.4, 0.5) is 13.2 Å². The van der Waals surface area contributed by atoms with Crippen LogP contribution in [0.25, 0.3) is 11.1 Å². The third-order valence-electron chi connectivity index (χ3n) is 2.53. The summed E-state index contributed by atoms with van der Waals surface area (Å²) in [5.41, 5.74) is 0.189. The first-order valence-electron chi connectivity index (χ1n) is 5.25. The van der Waals surface area contributed by atoms with E-state index in [9.17, 15) is 13.2 Å². The zero-order valence-corrected chi connectivity index (χ0v) is 9.28. The first kappa shape index (κ1) is 12.6. The number of hydrogen-bond donors (Lipinski definition) is 1. The van der Waals surface area contributed by atoms with E-state index in [1.807, 2.05) is 0 Å². The second-order valence-corrected chi connectivity index (χ2v) is 3.74. The molecule has 0 amide bonds. The average Bonchev–Trinajstić information content (AvgIpc) is 2.38. The van der Waals surface area contributed by atoms with Crippen LogP contribution in [0.2, 0.25) is 0 Å². The summed E-state index contributed by atoms with van der Waals surface area (Å²) in [5, 5.41) is 8.84. The van der Waals surface area contributed by atoms with Gasteiger partial charge in [0.2, 0.25) is 0 Å². The van der Waals surface area contributed by atoms with Crippen molar-refractivity contribution in [3.05, 3.63) is 53.9 Å². The molecule has 0 aliphatic heterocycles. The molecular formula is C13H10F3NO. The summed E-state index contributed by atoms with van der Waals surface area (Å²) < 4.78 is 38.5. The number of benzene rings is 1. The molecule has 1 aromatic heterocycles. The monoisotopic (exact) mass is 253 g/mol. The quantitative estimate of drug-likeness (QED) is 0.891. The summed E-state index contributed by atoms with van der Waals surface area (Å²) >= 11 is 0. The fourth-order valence-corrected chi connectivity index (χ4v) is 1.66. The Morgan fingerprint density at radius 2 is 1.78 bits per heavy atom. The van der Waals surface area contributed by atoms with Gasteiger partial charge in [0.25, 0.3) is 0 Å². The molecule has 1 heterocycles. The first-order chi connectivity index (χ1) is 8.52. The standard InChI is InChI=1S/C13H10F3NO/c14-13(15,16)12-4-2-1-3-11(12)9-5-6-10(8-18)17-7-9/h1-7,18H,8H2. The van der Waals surface area contributed by atoms with Gasteiger partial charge in [-0.05, 0) is 17.7 Å². The van der Waals surface area contributed by atoms with Gasteiger partial charge in [-0.25, -0.2) is 0 Å². The smallest absolute Gasteiger partial charge is 0.390 e. The highest BCUT2D eigenvalue weighted by Gasteiger charge is 2.33. The van der Waals surface area contributed by atoms with Crippen molar-refractivity contribution in [1.29, 1.82) is 0 Å². The first-order valence-corrected chi connectivity index (χ1v) is 5.25. The number of aromatic nitrogens is 1. The Hall–Kier alpha value is -1.88. The zero-order chi connectivity index (χ0) is 13.2. The molecule has 2 aromatic rings. The number of halogens is 3. The highest BCUT2D eigenvalue weighted by molar-refractivity contribution is 5.67. The summed E-state index contributed by atoms with van der Waals surface area (Å²) in [6, 6.07) is 8.35. The van der Waals surface area contributed by atoms with Crippen LogP contribution in [-0.4, -0.2) is 10.1 Å². The lowest BCUT2D eigenvalue weighted by Crippen LogP contribution is -2.07. The molecule has 2 nitrogen and oxygen atoms in total. The fourth-order valence-electron chi connectivity index (χ4n) is 1.66. The van der Waals surface area contributed by atoms with E-state index in [4.69, 9.17) is 5.11 Å². The Kier molecular flexibility index (Phi) is 3.34. The molecule has 1 N–H and O–H groups in total. The van der Waals surface area contributed by atoms with Gasteiger partial charge in [-0.2, -0.15) is 13.2 Å². The molecule has 0 fully saturated rings. The lowest BCUT2D eigenvalue weighted by atomic mass is 10.0. The van der Waals surface area contributed by atoms with E-state index in [0.29, 0.717) is 11.3 Å². The number of hydrogen-bond acceptors (Lipinski definition) is 2. The Morgan fingerprint density at radius 1 is 1.06 bits per heavy atom. The van der Waals surface area contributed by atoms with Gasteiger partial charge >= 0.3 is 6.18 Å². The van der Waals surface area contributed by atoms with Crippen molar-refractivity contribution in [3.63, 3.8) is 0 Å². The Bertz CT molecular complexity index is 535. The molecule has 0 aliphatic rings. The molecule has 0 bridgehead atoms. The van der Waals surface area contributed by atoms with Crippen molar-refractivity contribution in [2.75, 3.05) is 0 Å². The number of aliphatic hydroxyl groups is 1. The van der Waals surface area contributed by atoms with E-state index in [2.05, 4.69) is 4.98 Å². The predicted molar refractivity (Wildman–Crippen MR) is 60.6 cm³/mol. The molecule has 0 atom stereocenters. The predicted octanol–water partition coefficient (Wildman–Crippen LogP) is 3.26. The second-order valence-electron chi connectivity index (χ2n) is 3.74. The van der Waals surface area contributed by atoms with E-state index >= 15 is 0 Å². The number of aliphatic hydroxyl groups excluding tert-OH is 1. The van der Waals surface area contributed by atoms with Crippen LogP contribution < -0.4 is 0 Å². The van der Waals surface area contributed by atoms with Crippen molar-refractivity contribution in [3.8, 4) is 11.1 Å². The second kappa shape index (κ2) is 4.78. The van der Waals surface area contributed by atoms with Gasteiger partial charge in [-0.1, -0.05) is 24.3 Å². The summed E-state index contributed by atoms with van der Waals surface area (Å²) in [7, 11) is 0. The van der Waals surface area contributed by atoms with E-state index in [1.54, 1.807) is 6.07 Å². The molecule has 0 radical (unpaired) electrons. The van der Waals surface area contributed by atoms with Crippen molar-refractivity contribution < 1.29 is 18.3 Å². The molecule has 1 aromatic carbocycles. The number of nitrogens with zero attached hydrogens (tertiary/aromatic N) is 1. The van der Waals surface area contributed by atoms with Crippen LogP contribution in [0, 0.1) is 0 Å². The lowest BCUT2D eigenvalue weighted by Gasteiger charge is -2.12. The molecule has 0 saturated carbocycles. The van der Waals surface area contributed by atoms with E-state index in [1.165, 1.54) is 30.5 Å². The van der Waals surface area contributed by atoms with Gasteiger partial charge in [0, 0.05) is 11.8 Å². The van der Waals surface area contributed by atoms with Crippen molar-refractivity contribution in [1.82, 2.24) is 4.98 Å². The molecule has 0 unspecified atom stereocenters. The molecule has 0 spiro atoms. The van der Waals surface area contributed by atoms with Crippen molar-refractivity contribution in [2.45, 2.75) is 12.8 Å². The van der Waals surface area contributed by atoms with Gasteiger partial charge in [0.15, 0.2) is 0 Å². The normalized spacial score (nSPS) is 11.6. The third-order valence-corrected chi connectivity index (χ3v) is 2.53. The van der Waals surface area contributed by atoms with Crippen LogP contribution in [0.1, 0.15) is 11.3 Å². The fraction of sp³-hybridized carbons (Fsp3) is 0.154. The molecule has 2 rings (SSSR count). The minimum absolute atomic E-state index is 0.0852. The Balaban J connectivity index is 2.50. The minimum Gasteiger partial charge on any atom is -0.390 e. The van der Waals surface area contributed by atoms with Crippen LogP contribution in [0.5, 0.6) is 0 Å². The molecule has 18 heavy (non-hydrogen) atoms. The topological polar surface area (TPSA) is 33.1 Å². The van der Waals surface area contributed by atoms with E-state index in [0.717, 1.165) is 6.07 Å². The summed E-state index contributed by atoms with van der Waals surface area (Å²) in [6.45, 7) is -0.235. The lowest BCUT2D eigenvalue weighted by molar-refractivity contribution is -0.137. The highest BCUT2D eigenvalue weighted by atomic mass is 19.4. The zero-order valence-electron chi connectivity index (χ0n) is 9.28. The maximum atomic E-state index is 12.8. The number of alkyl halides is 3.